The van der Waals surface area contributed by atoms with Gasteiger partial charge < -0.3 is 5.73 Å². The van der Waals surface area contributed by atoms with Gasteiger partial charge in [0, 0.05) is 24.6 Å². The van der Waals surface area contributed by atoms with Crippen molar-refractivity contribution in [1.82, 2.24) is 15.0 Å². The molecule has 0 unspecified atom stereocenters. The van der Waals surface area contributed by atoms with E-state index < -0.39 is 17.2 Å². The van der Waals surface area contributed by atoms with Crippen molar-refractivity contribution < 1.29 is 8.78 Å². The highest BCUT2D eigenvalue weighted by molar-refractivity contribution is 5.82. The number of benzene rings is 1. The van der Waals surface area contributed by atoms with Gasteiger partial charge in [-0.3, -0.25) is 9.98 Å². The largest absolute Gasteiger partial charge is 0.387 e. The van der Waals surface area contributed by atoms with Gasteiger partial charge in [0.1, 0.15) is 17.9 Å². The van der Waals surface area contributed by atoms with Crippen LogP contribution in [0.5, 0.6) is 0 Å². The fraction of sp³-hybridized carbons (Fsp3) is 0.318. The molecule has 1 aliphatic carbocycles. The molecule has 3 atom stereocenters. The number of aromatic nitrogens is 3. The monoisotopic (exact) mass is 404 g/mol. The molecule has 0 radical (unpaired) electrons. The number of rotatable bonds is 3. The third-order valence-corrected chi connectivity index (χ3v) is 6.18. The molecule has 2 N–H and O–H groups in total. The molecule has 0 amide bonds. The molecule has 1 aliphatic heterocycles. The summed E-state index contributed by atoms with van der Waals surface area (Å²) in [4.78, 5) is 17.3. The molecule has 5 rings (SSSR count). The average molecular weight is 404 g/mol. The lowest BCUT2D eigenvalue weighted by molar-refractivity contribution is 0.363. The normalized spacial score (nSPS) is 24.8. The lowest BCUT2D eigenvalue weighted by Crippen LogP contribution is -2.33. The van der Waals surface area contributed by atoms with Gasteiger partial charge in [0.25, 0.3) is 0 Å². The number of nitrogens with two attached hydrogens (primary N) is 1. The highest BCUT2D eigenvalue weighted by atomic mass is 19.2. The van der Waals surface area contributed by atoms with Crippen LogP contribution in [0.4, 0.5) is 8.78 Å². The second-order valence-electron chi connectivity index (χ2n) is 8.20. The summed E-state index contributed by atoms with van der Waals surface area (Å²) in [7, 11) is 0. The number of halogens is 2. The van der Waals surface area contributed by atoms with Gasteiger partial charge in [-0.25, -0.2) is 18.7 Å². The Morgan fingerprint density at radius 3 is 2.87 bits per heavy atom. The summed E-state index contributed by atoms with van der Waals surface area (Å²) in [5.41, 5.74) is 7.92. The summed E-state index contributed by atoms with van der Waals surface area (Å²) in [5.74, 6) is -0.767. The molecule has 0 saturated heterocycles. The number of pyridine rings is 1. The van der Waals surface area contributed by atoms with Gasteiger partial charge in [0.15, 0.2) is 11.6 Å². The molecule has 1 fully saturated rings. The van der Waals surface area contributed by atoms with E-state index in [9.17, 15) is 8.78 Å². The first-order valence-corrected chi connectivity index (χ1v) is 9.71. The van der Waals surface area contributed by atoms with E-state index in [1.54, 1.807) is 12.1 Å². The summed E-state index contributed by atoms with van der Waals surface area (Å²) in [6.45, 7) is 1.83. The highest BCUT2D eigenvalue weighted by Gasteiger charge is 2.55. The van der Waals surface area contributed by atoms with Crippen LogP contribution in [0.2, 0.25) is 0 Å². The van der Waals surface area contributed by atoms with Gasteiger partial charge in [-0.05, 0) is 48.9 Å². The zero-order chi connectivity index (χ0) is 21.0. The third kappa shape index (κ3) is 2.89. The van der Waals surface area contributed by atoms with Crippen LogP contribution in [-0.2, 0) is 12.0 Å². The maximum Gasteiger partial charge on any atom is 0.164 e. The summed E-state index contributed by atoms with van der Waals surface area (Å²) >= 11 is 0. The van der Waals surface area contributed by atoms with Crippen LogP contribution in [0.3, 0.4) is 0 Å². The van der Waals surface area contributed by atoms with Crippen molar-refractivity contribution >= 4 is 16.9 Å². The first-order valence-electron chi connectivity index (χ1n) is 9.71. The summed E-state index contributed by atoms with van der Waals surface area (Å²) in [6.07, 6.45) is 4.69. The van der Waals surface area contributed by atoms with Crippen molar-refractivity contribution in [2.45, 2.75) is 31.7 Å². The molecule has 6 nitrogen and oxygen atoms in total. The number of aliphatic imine (C=N–C) groups is 1. The number of fused-ring (bicyclic) bond motifs is 2. The van der Waals surface area contributed by atoms with Crippen molar-refractivity contribution in [3.05, 3.63) is 64.7 Å². The number of nitrogens with zero attached hydrogens (tertiary/aromatic N) is 5. The van der Waals surface area contributed by atoms with Crippen LogP contribution < -0.4 is 5.73 Å². The molecule has 3 heterocycles. The molecule has 8 heteroatoms. The Morgan fingerprint density at radius 1 is 1.23 bits per heavy atom. The van der Waals surface area contributed by atoms with E-state index in [1.165, 1.54) is 18.6 Å². The molecular formula is C22H18F2N6. The maximum absolute atomic E-state index is 14.9. The van der Waals surface area contributed by atoms with E-state index in [4.69, 9.17) is 11.0 Å². The van der Waals surface area contributed by atoms with E-state index >= 15 is 0 Å². The molecule has 0 spiro atoms. The van der Waals surface area contributed by atoms with Crippen molar-refractivity contribution in [2.24, 2.45) is 22.6 Å². The fourth-order valence-electron chi connectivity index (χ4n) is 4.61. The SMILES string of the molecule is C[C@]1(c2cc(Cc3ncnc4cc(C#N)cnc34)cc(F)c2F)N=C(N)C[C@H]2C[C@H]21. The Hall–Kier alpha value is -3.47. The molecule has 3 aromatic rings. The Balaban J connectivity index is 1.58. The standard InChI is InChI=1S/C22H18F2N6/c1-22(14-6-13(14)7-19(26)30-22)15-2-11(3-16(23)20(15)24)4-17-21-18(29-10-28-17)5-12(8-25)9-27-21/h2-3,5,9-10,13-14H,4,6-7H2,1H3,(H2,26,30)/t13-,14-,22+/m1/s1. The highest BCUT2D eigenvalue weighted by Crippen LogP contribution is 2.57. The maximum atomic E-state index is 14.9. The molecule has 30 heavy (non-hydrogen) atoms. The Morgan fingerprint density at radius 2 is 2.07 bits per heavy atom. The van der Waals surface area contributed by atoms with Gasteiger partial charge in [-0.1, -0.05) is 0 Å². The number of hydrogen-bond donors (Lipinski definition) is 1. The zero-order valence-corrected chi connectivity index (χ0v) is 16.2. The number of hydrogen-bond acceptors (Lipinski definition) is 6. The van der Waals surface area contributed by atoms with Crippen LogP contribution in [0.1, 0.15) is 42.1 Å². The summed E-state index contributed by atoms with van der Waals surface area (Å²) in [5, 5.41) is 9.05. The molecule has 2 aromatic heterocycles. The van der Waals surface area contributed by atoms with Crippen LogP contribution in [0.25, 0.3) is 11.0 Å². The second kappa shape index (κ2) is 6.52. The predicted molar refractivity (Wildman–Crippen MR) is 106 cm³/mol. The lowest BCUT2D eigenvalue weighted by atomic mass is 9.82. The Kier molecular flexibility index (Phi) is 4.03. The molecular weight excluding hydrogens is 386 g/mol. The minimum absolute atomic E-state index is 0.167. The minimum atomic E-state index is -0.918. The van der Waals surface area contributed by atoms with Crippen LogP contribution in [0.15, 0.2) is 35.7 Å². The molecule has 150 valence electrons. The molecule has 2 aliphatic rings. The molecule has 1 saturated carbocycles. The van der Waals surface area contributed by atoms with Crippen molar-refractivity contribution in [1.29, 1.82) is 5.26 Å². The zero-order valence-electron chi connectivity index (χ0n) is 16.2. The molecule has 1 aromatic carbocycles. The van der Waals surface area contributed by atoms with E-state index in [0.29, 0.717) is 46.0 Å². The Labute approximate surface area is 171 Å². The van der Waals surface area contributed by atoms with E-state index in [-0.39, 0.29) is 17.9 Å². The van der Waals surface area contributed by atoms with Gasteiger partial charge in [0.2, 0.25) is 0 Å². The van der Waals surface area contributed by atoms with Gasteiger partial charge in [0.05, 0.1) is 28.1 Å². The van der Waals surface area contributed by atoms with Crippen LogP contribution in [0, 0.1) is 34.8 Å². The van der Waals surface area contributed by atoms with Crippen molar-refractivity contribution in [3.63, 3.8) is 0 Å². The van der Waals surface area contributed by atoms with E-state index in [0.717, 1.165) is 6.42 Å². The number of nitriles is 1. The summed E-state index contributed by atoms with van der Waals surface area (Å²) < 4.78 is 29.4. The van der Waals surface area contributed by atoms with Crippen LogP contribution >= 0.6 is 0 Å². The second-order valence-corrected chi connectivity index (χ2v) is 8.20. The van der Waals surface area contributed by atoms with Crippen LogP contribution in [-0.4, -0.2) is 20.8 Å². The van der Waals surface area contributed by atoms with Gasteiger partial charge >= 0.3 is 0 Å². The van der Waals surface area contributed by atoms with Crippen molar-refractivity contribution in [3.8, 4) is 6.07 Å². The quantitative estimate of drug-likeness (QED) is 0.721. The van der Waals surface area contributed by atoms with Gasteiger partial charge in [-0.15, -0.1) is 0 Å². The van der Waals surface area contributed by atoms with E-state index in [2.05, 4.69) is 19.9 Å². The lowest BCUT2D eigenvalue weighted by Gasteiger charge is -2.31. The van der Waals surface area contributed by atoms with E-state index in [1.807, 2.05) is 13.0 Å². The Bertz CT molecular complexity index is 1260. The first-order chi connectivity index (χ1) is 14.4. The topological polar surface area (TPSA) is 101 Å². The first kappa shape index (κ1) is 18.6. The fourth-order valence-corrected chi connectivity index (χ4v) is 4.61. The van der Waals surface area contributed by atoms with Crippen molar-refractivity contribution in [2.75, 3.05) is 0 Å². The molecule has 0 bridgehead atoms. The predicted octanol–water partition coefficient (Wildman–Crippen LogP) is 3.38. The summed E-state index contributed by atoms with van der Waals surface area (Å²) in [6, 6.07) is 6.49. The van der Waals surface area contributed by atoms with Gasteiger partial charge in [-0.2, -0.15) is 5.26 Å². The number of amidine groups is 1. The minimum Gasteiger partial charge on any atom is -0.387 e. The average Bonchev–Trinajstić information content (AvgIpc) is 3.50. The third-order valence-electron chi connectivity index (χ3n) is 6.18. The smallest absolute Gasteiger partial charge is 0.164 e.